The molecule has 0 aliphatic rings. The average Bonchev–Trinajstić information content (AvgIpc) is 2.25. The van der Waals surface area contributed by atoms with Crippen molar-refractivity contribution in [3.05, 3.63) is 34.3 Å². The fourth-order valence-corrected chi connectivity index (χ4v) is 1.95. The largest absolute Gasteiger partial charge is 0.319 e. The Labute approximate surface area is 99.2 Å². The third-order valence-electron chi connectivity index (χ3n) is 2.42. The van der Waals surface area contributed by atoms with Crippen molar-refractivity contribution in [2.45, 2.75) is 13.3 Å². The van der Waals surface area contributed by atoms with Gasteiger partial charge in [-0.1, -0.05) is 35.0 Å². The lowest BCUT2D eigenvalue weighted by Crippen LogP contribution is -2.25. The van der Waals surface area contributed by atoms with Gasteiger partial charge in [0.25, 0.3) is 0 Å². The minimum atomic E-state index is 0.0734. The molecule has 0 aliphatic heterocycles. The summed E-state index contributed by atoms with van der Waals surface area (Å²) in [6.45, 7) is 2.78. The number of Topliss-reactive ketones (excluding diaryl/α,β-unsaturated/α-hetero) is 1. The van der Waals surface area contributed by atoms with Crippen LogP contribution in [0.5, 0.6) is 0 Å². The molecule has 0 fully saturated rings. The van der Waals surface area contributed by atoms with E-state index in [1.54, 1.807) is 0 Å². The zero-order chi connectivity index (χ0) is 11.3. The highest BCUT2D eigenvalue weighted by Gasteiger charge is 2.17. The van der Waals surface area contributed by atoms with E-state index in [4.69, 9.17) is 0 Å². The number of ketones is 1. The van der Waals surface area contributed by atoms with Crippen molar-refractivity contribution in [1.29, 1.82) is 0 Å². The second kappa shape index (κ2) is 6.03. The van der Waals surface area contributed by atoms with Gasteiger partial charge in [0.2, 0.25) is 0 Å². The van der Waals surface area contributed by atoms with Crippen LogP contribution in [0.15, 0.2) is 28.7 Å². The SMILES string of the molecule is CCC(CNC)C(=O)c1cccc(Br)c1. The summed E-state index contributed by atoms with van der Waals surface area (Å²) in [6, 6.07) is 7.56. The van der Waals surface area contributed by atoms with Crippen LogP contribution in [0, 0.1) is 5.92 Å². The van der Waals surface area contributed by atoms with Crippen LogP contribution in [0.1, 0.15) is 23.7 Å². The molecule has 82 valence electrons. The van der Waals surface area contributed by atoms with E-state index in [1.807, 2.05) is 38.2 Å². The van der Waals surface area contributed by atoms with E-state index < -0.39 is 0 Å². The van der Waals surface area contributed by atoms with Gasteiger partial charge >= 0.3 is 0 Å². The van der Waals surface area contributed by atoms with Gasteiger partial charge in [-0.25, -0.2) is 0 Å². The first-order valence-corrected chi connectivity index (χ1v) is 5.92. The molecule has 0 bridgehead atoms. The zero-order valence-corrected chi connectivity index (χ0v) is 10.7. The van der Waals surface area contributed by atoms with E-state index in [9.17, 15) is 4.79 Å². The van der Waals surface area contributed by atoms with Gasteiger partial charge in [-0.3, -0.25) is 4.79 Å². The predicted molar refractivity (Wildman–Crippen MR) is 66.2 cm³/mol. The maximum atomic E-state index is 12.1. The third kappa shape index (κ3) is 3.43. The van der Waals surface area contributed by atoms with Gasteiger partial charge in [0.05, 0.1) is 0 Å². The van der Waals surface area contributed by atoms with Crippen LogP contribution in [0.3, 0.4) is 0 Å². The van der Waals surface area contributed by atoms with Crippen LogP contribution in [0.4, 0.5) is 0 Å². The quantitative estimate of drug-likeness (QED) is 0.833. The van der Waals surface area contributed by atoms with E-state index in [-0.39, 0.29) is 11.7 Å². The van der Waals surface area contributed by atoms with Crippen molar-refractivity contribution in [1.82, 2.24) is 5.32 Å². The van der Waals surface area contributed by atoms with E-state index in [2.05, 4.69) is 21.2 Å². The van der Waals surface area contributed by atoms with Crippen LogP contribution < -0.4 is 5.32 Å². The minimum absolute atomic E-state index is 0.0734. The van der Waals surface area contributed by atoms with Gasteiger partial charge in [-0.2, -0.15) is 0 Å². The van der Waals surface area contributed by atoms with Crippen LogP contribution in [-0.2, 0) is 0 Å². The van der Waals surface area contributed by atoms with Crippen molar-refractivity contribution in [2.75, 3.05) is 13.6 Å². The van der Waals surface area contributed by atoms with E-state index in [0.29, 0.717) is 0 Å². The third-order valence-corrected chi connectivity index (χ3v) is 2.92. The number of hydrogen-bond acceptors (Lipinski definition) is 2. The molecule has 1 aromatic carbocycles. The van der Waals surface area contributed by atoms with Crippen LogP contribution in [-0.4, -0.2) is 19.4 Å². The first kappa shape index (κ1) is 12.4. The summed E-state index contributed by atoms with van der Waals surface area (Å²) in [5, 5.41) is 3.05. The van der Waals surface area contributed by atoms with Crippen molar-refractivity contribution in [2.24, 2.45) is 5.92 Å². The molecule has 2 nitrogen and oxygen atoms in total. The normalized spacial score (nSPS) is 12.5. The first-order valence-electron chi connectivity index (χ1n) is 5.13. The summed E-state index contributed by atoms with van der Waals surface area (Å²) in [6.07, 6.45) is 0.867. The number of carbonyl (C=O) groups is 1. The van der Waals surface area contributed by atoms with Gasteiger partial charge in [-0.15, -0.1) is 0 Å². The minimum Gasteiger partial charge on any atom is -0.319 e. The number of nitrogens with one attached hydrogen (secondary N) is 1. The summed E-state index contributed by atoms with van der Waals surface area (Å²) < 4.78 is 0.952. The van der Waals surface area contributed by atoms with Crippen LogP contribution >= 0.6 is 15.9 Å². The Kier molecular flexibility index (Phi) is 4.99. The molecule has 0 saturated heterocycles. The summed E-state index contributed by atoms with van der Waals surface area (Å²) in [4.78, 5) is 12.1. The summed E-state index contributed by atoms with van der Waals surface area (Å²) in [7, 11) is 1.87. The molecular weight excluding hydrogens is 254 g/mol. The second-order valence-corrected chi connectivity index (χ2v) is 4.45. The lowest BCUT2D eigenvalue weighted by atomic mass is 9.95. The van der Waals surface area contributed by atoms with Gasteiger partial charge in [0, 0.05) is 22.5 Å². The van der Waals surface area contributed by atoms with Crippen molar-refractivity contribution in [3.8, 4) is 0 Å². The summed E-state index contributed by atoms with van der Waals surface area (Å²) in [5.74, 6) is 0.289. The molecule has 1 unspecified atom stereocenters. The highest BCUT2D eigenvalue weighted by molar-refractivity contribution is 9.10. The fraction of sp³-hybridized carbons (Fsp3) is 0.417. The molecule has 0 amide bonds. The Morgan fingerprint density at radius 1 is 1.53 bits per heavy atom. The van der Waals surface area contributed by atoms with Gasteiger partial charge < -0.3 is 5.32 Å². The van der Waals surface area contributed by atoms with E-state index in [0.717, 1.165) is 23.0 Å². The molecule has 1 N–H and O–H groups in total. The lowest BCUT2D eigenvalue weighted by Gasteiger charge is -2.13. The molecule has 1 aromatic rings. The standard InChI is InChI=1S/C12H16BrNO/c1-3-9(8-14-2)12(15)10-5-4-6-11(13)7-10/h4-7,9,14H,3,8H2,1-2H3. The monoisotopic (exact) mass is 269 g/mol. The number of halogens is 1. The summed E-state index contributed by atoms with van der Waals surface area (Å²) >= 11 is 3.37. The Bertz CT molecular complexity index is 338. The van der Waals surface area contributed by atoms with Gasteiger partial charge in [0.15, 0.2) is 5.78 Å². The van der Waals surface area contributed by atoms with Gasteiger partial charge in [-0.05, 0) is 25.6 Å². The average molecular weight is 270 g/mol. The lowest BCUT2D eigenvalue weighted by molar-refractivity contribution is 0.0916. The Morgan fingerprint density at radius 2 is 2.27 bits per heavy atom. The predicted octanol–water partition coefficient (Wildman–Crippen LogP) is 2.88. The second-order valence-electron chi connectivity index (χ2n) is 3.54. The van der Waals surface area contributed by atoms with Crippen LogP contribution in [0.25, 0.3) is 0 Å². The number of benzene rings is 1. The van der Waals surface area contributed by atoms with Crippen molar-refractivity contribution in [3.63, 3.8) is 0 Å². The highest BCUT2D eigenvalue weighted by atomic mass is 79.9. The molecule has 0 spiro atoms. The van der Waals surface area contributed by atoms with E-state index >= 15 is 0 Å². The smallest absolute Gasteiger partial charge is 0.167 e. The molecular formula is C12H16BrNO. The topological polar surface area (TPSA) is 29.1 Å². The van der Waals surface area contributed by atoms with Gasteiger partial charge in [0.1, 0.15) is 0 Å². The van der Waals surface area contributed by atoms with E-state index in [1.165, 1.54) is 0 Å². The maximum absolute atomic E-state index is 12.1. The number of rotatable bonds is 5. The molecule has 0 aliphatic carbocycles. The summed E-state index contributed by atoms with van der Waals surface area (Å²) in [5.41, 5.74) is 0.784. The highest BCUT2D eigenvalue weighted by Crippen LogP contribution is 2.16. The van der Waals surface area contributed by atoms with Crippen molar-refractivity contribution >= 4 is 21.7 Å². The number of carbonyl (C=O) groups excluding carboxylic acids is 1. The fourth-order valence-electron chi connectivity index (χ4n) is 1.55. The molecule has 1 rings (SSSR count). The molecule has 0 radical (unpaired) electrons. The Balaban J connectivity index is 2.82. The maximum Gasteiger partial charge on any atom is 0.167 e. The molecule has 15 heavy (non-hydrogen) atoms. The molecule has 0 heterocycles. The first-order chi connectivity index (χ1) is 7.19. The Morgan fingerprint density at radius 3 is 2.80 bits per heavy atom. The van der Waals surface area contributed by atoms with Crippen LogP contribution in [0.2, 0.25) is 0 Å². The molecule has 0 aromatic heterocycles. The van der Waals surface area contributed by atoms with Crippen molar-refractivity contribution < 1.29 is 4.79 Å². The molecule has 1 atom stereocenters. The zero-order valence-electron chi connectivity index (χ0n) is 9.09. The molecule has 0 saturated carbocycles. The number of hydrogen-bond donors (Lipinski definition) is 1. The Hall–Kier alpha value is -0.670. The molecule has 3 heteroatoms.